The number of aromatic nitrogens is 2. The molecule has 4 rings (SSSR count). The van der Waals surface area contributed by atoms with Crippen LogP contribution < -0.4 is 0 Å². The number of esters is 1. The van der Waals surface area contributed by atoms with Gasteiger partial charge in [0.1, 0.15) is 6.33 Å². The molecule has 3 heterocycles. The molecule has 1 aromatic carbocycles. The minimum atomic E-state index is -0.441. The highest BCUT2D eigenvalue weighted by molar-refractivity contribution is 9.10. The summed E-state index contributed by atoms with van der Waals surface area (Å²) in [5.74, 6) is -0.456. The molecule has 0 spiro atoms. The number of rotatable bonds is 2. The number of ether oxygens (including phenoxy) is 1. The molecule has 24 heavy (non-hydrogen) atoms. The normalized spacial score (nSPS) is 18.7. The molecule has 2 aliphatic rings. The fourth-order valence-corrected chi connectivity index (χ4v) is 4.11. The Labute approximate surface area is 147 Å². The first-order chi connectivity index (χ1) is 11.6. The third-order valence-electron chi connectivity index (χ3n) is 4.57. The zero-order valence-corrected chi connectivity index (χ0v) is 14.7. The SMILES string of the molecule is CCOC(=O)c1ncn2c1[C@H]1CCCN1C(=O)c1c(Br)cccc1-2. The lowest BCUT2D eigenvalue weighted by Crippen LogP contribution is -2.30. The van der Waals surface area contributed by atoms with Gasteiger partial charge in [-0.15, -0.1) is 0 Å². The van der Waals surface area contributed by atoms with Crippen LogP contribution in [-0.4, -0.2) is 39.5 Å². The lowest BCUT2D eigenvalue weighted by atomic mass is 10.1. The van der Waals surface area contributed by atoms with Crippen LogP contribution in [0.1, 0.15) is 52.3 Å². The van der Waals surface area contributed by atoms with Crippen LogP contribution in [0.5, 0.6) is 0 Å². The van der Waals surface area contributed by atoms with Crippen LogP contribution in [0.2, 0.25) is 0 Å². The maximum absolute atomic E-state index is 13.1. The van der Waals surface area contributed by atoms with Gasteiger partial charge in [0.05, 0.1) is 29.6 Å². The highest BCUT2D eigenvalue weighted by atomic mass is 79.9. The lowest BCUT2D eigenvalue weighted by Gasteiger charge is -2.23. The molecule has 1 saturated heterocycles. The van der Waals surface area contributed by atoms with E-state index in [4.69, 9.17) is 4.74 Å². The van der Waals surface area contributed by atoms with E-state index < -0.39 is 5.97 Å². The van der Waals surface area contributed by atoms with Gasteiger partial charge in [0, 0.05) is 11.0 Å². The molecule has 7 heteroatoms. The van der Waals surface area contributed by atoms with Crippen molar-refractivity contribution in [1.82, 2.24) is 14.5 Å². The molecule has 1 amide bonds. The Kier molecular flexibility index (Phi) is 3.68. The molecular formula is C17H16BrN3O3. The van der Waals surface area contributed by atoms with E-state index in [0.29, 0.717) is 24.4 Å². The number of hydrogen-bond donors (Lipinski definition) is 0. The monoisotopic (exact) mass is 389 g/mol. The smallest absolute Gasteiger partial charge is 0.358 e. The summed E-state index contributed by atoms with van der Waals surface area (Å²) >= 11 is 3.49. The molecule has 0 saturated carbocycles. The fraction of sp³-hybridized carbons (Fsp3) is 0.353. The summed E-state index contributed by atoms with van der Waals surface area (Å²) in [6.07, 6.45) is 3.33. The van der Waals surface area contributed by atoms with Crippen LogP contribution in [0.25, 0.3) is 5.69 Å². The van der Waals surface area contributed by atoms with Gasteiger partial charge in [0.25, 0.3) is 5.91 Å². The van der Waals surface area contributed by atoms with Gasteiger partial charge in [-0.1, -0.05) is 6.07 Å². The Morgan fingerprint density at radius 3 is 3.08 bits per heavy atom. The van der Waals surface area contributed by atoms with Crippen molar-refractivity contribution in [3.63, 3.8) is 0 Å². The van der Waals surface area contributed by atoms with E-state index in [-0.39, 0.29) is 11.9 Å². The molecule has 1 fully saturated rings. The first-order valence-corrected chi connectivity index (χ1v) is 8.77. The average Bonchev–Trinajstić information content (AvgIpc) is 3.18. The largest absolute Gasteiger partial charge is 0.461 e. The van der Waals surface area contributed by atoms with Crippen molar-refractivity contribution in [1.29, 1.82) is 0 Å². The second-order valence-corrected chi connectivity index (χ2v) is 6.71. The van der Waals surface area contributed by atoms with Gasteiger partial charge in [-0.2, -0.15) is 0 Å². The minimum absolute atomic E-state index is 0.0153. The van der Waals surface area contributed by atoms with Gasteiger partial charge >= 0.3 is 5.97 Å². The summed E-state index contributed by atoms with van der Waals surface area (Å²) < 4.78 is 7.76. The number of halogens is 1. The molecule has 0 radical (unpaired) electrons. The molecule has 1 atom stereocenters. The van der Waals surface area contributed by atoms with Crippen molar-refractivity contribution in [2.45, 2.75) is 25.8 Å². The Morgan fingerprint density at radius 1 is 1.46 bits per heavy atom. The average molecular weight is 390 g/mol. The Morgan fingerprint density at radius 2 is 2.29 bits per heavy atom. The third-order valence-corrected chi connectivity index (χ3v) is 5.23. The van der Waals surface area contributed by atoms with E-state index in [9.17, 15) is 9.59 Å². The van der Waals surface area contributed by atoms with Gasteiger partial charge in [-0.3, -0.25) is 9.36 Å². The molecular weight excluding hydrogens is 374 g/mol. The number of benzene rings is 1. The highest BCUT2D eigenvalue weighted by Gasteiger charge is 2.40. The first-order valence-electron chi connectivity index (χ1n) is 7.97. The molecule has 2 aromatic rings. The summed E-state index contributed by atoms with van der Waals surface area (Å²) in [6, 6.07) is 5.45. The van der Waals surface area contributed by atoms with E-state index in [0.717, 1.165) is 28.7 Å². The molecule has 0 unspecified atom stereocenters. The molecule has 0 N–H and O–H groups in total. The predicted molar refractivity (Wildman–Crippen MR) is 90.2 cm³/mol. The van der Waals surface area contributed by atoms with E-state index in [1.165, 1.54) is 0 Å². The highest BCUT2D eigenvalue weighted by Crippen LogP contribution is 2.41. The fourth-order valence-electron chi connectivity index (χ4n) is 3.59. The third kappa shape index (κ3) is 2.11. The topological polar surface area (TPSA) is 64.4 Å². The molecule has 0 bridgehead atoms. The predicted octanol–water partition coefficient (Wildman–Crippen LogP) is 3.10. The summed E-state index contributed by atoms with van der Waals surface area (Å²) in [4.78, 5) is 31.5. The summed E-state index contributed by atoms with van der Waals surface area (Å²) in [5, 5.41) is 0. The van der Waals surface area contributed by atoms with Crippen LogP contribution in [0.3, 0.4) is 0 Å². The zero-order chi connectivity index (χ0) is 16.8. The van der Waals surface area contributed by atoms with Crippen LogP contribution in [0.4, 0.5) is 0 Å². The lowest BCUT2D eigenvalue weighted by molar-refractivity contribution is 0.0513. The quantitative estimate of drug-likeness (QED) is 0.740. The van der Waals surface area contributed by atoms with Crippen LogP contribution in [0.15, 0.2) is 29.0 Å². The summed E-state index contributed by atoms with van der Waals surface area (Å²) in [6.45, 7) is 2.74. The van der Waals surface area contributed by atoms with Crippen molar-refractivity contribution < 1.29 is 14.3 Å². The number of carbonyl (C=O) groups is 2. The van der Waals surface area contributed by atoms with Gasteiger partial charge in [0.15, 0.2) is 5.69 Å². The van der Waals surface area contributed by atoms with Gasteiger partial charge in [-0.25, -0.2) is 9.78 Å². The molecule has 6 nitrogen and oxygen atoms in total. The van der Waals surface area contributed by atoms with Gasteiger partial charge in [0.2, 0.25) is 0 Å². The van der Waals surface area contributed by atoms with Gasteiger partial charge < -0.3 is 9.64 Å². The second kappa shape index (κ2) is 5.73. The van der Waals surface area contributed by atoms with E-state index >= 15 is 0 Å². The number of amides is 1. The second-order valence-electron chi connectivity index (χ2n) is 5.86. The number of hydrogen-bond acceptors (Lipinski definition) is 4. The Hall–Kier alpha value is -2.15. The zero-order valence-electron chi connectivity index (χ0n) is 13.2. The van der Waals surface area contributed by atoms with Gasteiger partial charge in [-0.05, 0) is 47.8 Å². The maximum atomic E-state index is 13.1. The van der Waals surface area contributed by atoms with Crippen molar-refractivity contribution in [2.24, 2.45) is 0 Å². The van der Waals surface area contributed by atoms with E-state index in [1.54, 1.807) is 13.3 Å². The van der Waals surface area contributed by atoms with Crippen LogP contribution >= 0.6 is 15.9 Å². The standard InChI is InChI=1S/C17H16BrN3O3/c1-2-24-17(23)14-15-12-7-4-8-20(12)16(22)13-10(18)5-3-6-11(13)21(15)9-19-14/h3,5-6,9,12H,2,4,7-8H2,1H3/t12-/m1/s1. The minimum Gasteiger partial charge on any atom is -0.461 e. The molecule has 124 valence electrons. The van der Waals surface area contributed by atoms with Crippen molar-refractivity contribution in [3.8, 4) is 5.69 Å². The maximum Gasteiger partial charge on any atom is 0.358 e. The summed E-state index contributed by atoms with van der Waals surface area (Å²) in [7, 11) is 0. The molecule has 2 aliphatic heterocycles. The van der Waals surface area contributed by atoms with Crippen molar-refractivity contribution in [2.75, 3.05) is 13.2 Å². The Bertz CT molecular complexity index is 846. The van der Waals surface area contributed by atoms with E-state index in [1.807, 2.05) is 27.7 Å². The number of imidazole rings is 1. The summed E-state index contributed by atoms with van der Waals surface area (Å²) in [5.41, 5.74) is 2.39. The van der Waals surface area contributed by atoms with E-state index in [2.05, 4.69) is 20.9 Å². The number of carbonyl (C=O) groups excluding carboxylic acids is 2. The molecule has 1 aromatic heterocycles. The number of fused-ring (bicyclic) bond motifs is 5. The van der Waals surface area contributed by atoms with Crippen LogP contribution in [0, 0.1) is 0 Å². The Balaban J connectivity index is 1.99. The van der Waals surface area contributed by atoms with Crippen molar-refractivity contribution >= 4 is 27.8 Å². The van der Waals surface area contributed by atoms with Crippen molar-refractivity contribution in [3.05, 3.63) is 46.0 Å². The first kappa shape index (κ1) is 15.4. The number of nitrogens with zero attached hydrogens (tertiary/aromatic N) is 3. The van der Waals surface area contributed by atoms with Crippen LogP contribution in [-0.2, 0) is 4.74 Å². The molecule has 0 aliphatic carbocycles.